The van der Waals surface area contributed by atoms with Crippen molar-refractivity contribution in [3.63, 3.8) is 0 Å². The van der Waals surface area contributed by atoms with Gasteiger partial charge in [-0.15, -0.1) is 0 Å². The molecule has 0 aromatic heterocycles. The van der Waals surface area contributed by atoms with Crippen molar-refractivity contribution < 1.29 is 18.3 Å². The predicted molar refractivity (Wildman–Crippen MR) is 22.9 cm³/mol. The molecule has 48 valence electrons. The molecule has 0 radical (unpaired) electrons. The van der Waals surface area contributed by atoms with Gasteiger partial charge in [0, 0.05) is 0 Å². The molecule has 2 nitrogen and oxygen atoms in total. The van der Waals surface area contributed by atoms with Crippen molar-refractivity contribution in [2.75, 3.05) is 13.3 Å². The van der Waals surface area contributed by atoms with Crippen molar-refractivity contribution in [1.29, 1.82) is 0 Å². The number of carbonyl (C=O) groups is 1. The van der Waals surface area contributed by atoms with Gasteiger partial charge in [0.2, 0.25) is 0 Å². The zero-order chi connectivity index (χ0) is 6.41. The summed E-state index contributed by atoms with van der Waals surface area (Å²) in [5.74, 6) is 0. The first-order valence-corrected chi connectivity index (χ1v) is 2.06. The smallest absolute Gasteiger partial charge is 0.293 e. The molecule has 0 aliphatic heterocycles. The van der Waals surface area contributed by atoms with Crippen LogP contribution < -0.4 is 0 Å². The zero-order valence-corrected chi connectivity index (χ0v) is 4.14. The fourth-order valence-electron chi connectivity index (χ4n) is 0.193. The summed E-state index contributed by atoms with van der Waals surface area (Å²) in [6.45, 7) is -1.89. The molecule has 0 aliphatic rings. The minimum Gasteiger partial charge on any atom is -0.459 e. The topological polar surface area (TPSA) is 26.3 Å². The largest absolute Gasteiger partial charge is 0.459 e. The monoisotopic (exact) mass is 124 g/mol. The summed E-state index contributed by atoms with van der Waals surface area (Å²) in [5.41, 5.74) is 0. The summed E-state index contributed by atoms with van der Waals surface area (Å²) in [4.78, 5) is 9.38. The molecule has 0 N–H and O–H groups in total. The molecule has 0 aromatic carbocycles. The van der Waals surface area contributed by atoms with Gasteiger partial charge in [0.15, 0.2) is 6.10 Å². The molecule has 0 amide bonds. The average molecular weight is 124 g/mol. The number of alkyl halides is 2. The van der Waals surface area contributed by atoms with Crippen LogP contribution in [0.1, 0.15) is 0 Å². The van der Waals surface area contributed by atoms with E-state index in [2.05, 4.69) is 4.74 Å². The highest BCUT2D eigenvalue weighted by molar-refractivity contribution is 5.37. The van der Waals surface area contributed by atoms with E-state index in [4.69, 9.17) is 0 Å². The Bertz CT molecular complexity index is 63.1. The Labute approximate surface area is 45.4 Å². The third-order valence-electron chi connectivity index (χ3n) is 0.592. The molecule has 0 fully saturated rings. The fourth-order valence-corrected chi connectivity index (χ4v) is 0.193. The Morgan fingerprint density at radius 1 is 1.50 bits per heavy atom. The van der Waals surface area contributed by atoms with Crippen LogP contribution in [0.3, 0.4) is 0 Å². The first-order valence-electron chi connectivity index (χ1n) is 2.06. The Hall–Kier alpha value is -0.670. The van der Waals surface area contributed by atoms with Gasteiger partial charge in [0.1, 0.15) is 13.3 Å². The average Bonchev–Trinajstić information content (AvgIpc) is 1.83. The van der Waals surface area contributed by atoms with Crippen molar-refractivity contribution in [1.82, 2.24) is 0 Å². The molecule has 0 unspecified atom stereocenters. The lowest BCUT2D eigenvalue weighted by molar-refractivity contribution is -0.135. The fraction of sp³-hybridized carbons (Fsp3) is 0.750. The van der Waals surface area contributed by atoms with Gasteiger partial charge in [-0.1, -0.05) is 0 Å². The van der Waals surface area contributed by atoms with Gasteiger partial charge >= 0.3 is 0 Å². The quantitative estimate of drug-likeness (QED) is 0.509. The molecule has 0 atom stereocenters. The summed E-state index contributed by atoms with van der Waals surface area (Å²) in [5, 5.41) is 0. The second kappa shape index (κ2) is 4.49. The molecule has 0 saturated heterocycles. The molecular formula is C4H6F2O2. The maximum atomic E-state index is 11.3. The normalized spacial score (nSPS) is 9.38. The van der Waals surface area contributed by atoms with E-state index in [1.165, 1.54) is 0 Å². The van der Waals surface area contributed by atoms with E-state index < -0.39 is 19.5 Å². The number of hydrogen-bond donors (Lipinski definition) is 0. The van der Waals surface area contributed by atoms with Crippen molar-refractivity contribution in [2.24, 2.45) is 0 Å². The maximum absolute atomic E-state index is 11.3. The number of hydrogen-bond acceptors (Lipinski definition) is 2. The minimum atomic E-state index is -1.20. The zero-order valence-electron chi connectivity index (χ0n) is 4.14. The molecule has 0 heterocycles. The lowest BCUT2D eigenvalue weighted by atomic mass is 10.4. The molecule has 0 rings (SSSR count). The van der Waals surface area contributed by atoms with Gasteiger partial charge < -0.3 is 4.74 Å². The number of halogens is 2. The maximum Gasteiger partial charge on any atom is 0.293 e. The van der Waals surface area contributed by atoms with E-state index in [0.717, 1.165) is 0 Å². The second-order valence-electron chi connectivity index (χ2n) is 1.16. The number of ether oxygens (including phenoxy) is 1. The van der Waals surface area contributed by atoms with Crippen LogP contribution >= 0.6 is 0 Å². The van der Waals surface area contributed by atoms with Gasteiger partial charge in [-0.2, -0.15) is 0 Å². The first kappa shape index (κ1) is 7.33. The summed E-state index contributed by atoms with van der Waals surface area (Å²) >= 11 is 0. The highest BCUT2D eigenvalue weighted by atomic mass is 19.1. The highest BCUT2D eigenvalue weighted by Crippen LogP contribution is 1.90. The van der Waals surface area contributed by atoms with Gasteiger partial charge in [-0.3, -0.25) is 4.79 Å². The van der Waals surface area contributed by atoms with Crippen LogP contribution in [0.25, 0.3) is 0 Å². The van der Waals surface area contributed by atoms with Crippen molar-refractivity contribution in [2.45, 2.75) is 6.10 Å². The molecule has 0 spiro atoms. The van der Waals surface area contributed by atoms with Gasteiger partial charge in [-0.25, -0.2) is 8.78 Å². The third-order valence-corrected chi connectivity index (χ3v) is 0.592. The molecule has 0 saturated carbocycles. The molecule has 8 heavy (non-hydrogen) atoms. The van der Waals surface area contributed by atoms with Crippen LogP contribution in [0.5, 0.6) is 0 Å². The third kappa shape index (κ3) is 2.49. The van der Waals surface area contributed by atoms with Crippen LogP contribution in [-0.2, 0) is 9.53 Å². The standard InChI is InChI=1S/C4H6F2O2/c5-1-4(2-6)8-3-7/h3-4H,1-2H2. The van der Waals surface area contributed by atoms with Gasteiger partial charge in [0.25, 0.3) is 6.47 Å². The highest BCUT2D eigenvalue weighted by Gasteiger charge is 2.05. The summed E-state index contributed by atoms with van der Waals surface area (Å²) in [6, 6.07) is 0. The van der Waals surface area contributed by atoms with Gasteiger partial charge in [0.05, 0.1) is 0 Å². The van der Waals surface area contributed by atoms with Crippen LogP contribution in [0.4, 0.5) is 8.78 Å². The lowest BCUT2D eigenvalue weighted by Crippen LogP contribution is -2.16. The van der Waals surface area contributed by atoms with Crippen LogP contribution in [-0.4, -0.2) is 25.9 Å². The second-order valence-corrected chi connectivity index (χ2v) is 1.16. The van der Waals surface area contributed by atoms with Crippen molar-refractivity contribution >= 4 is 6.47 Å². The Morgan fingerprint density at radius 2 is 2.00 bits per heavy atom. The SMILES string of the molecule is O=COC(CF)CF. The first-order chi connectivity index (χ1) is 3.85. The van der Waals surface area contributed by atoms with Crippen molar-refractivity contribution in [3.05, 3.63) is 0 Å². The van der Waals surface area contributed by atoms with E-state index in [0.29, 0.717) is 0 Å². The van der Waals surface area contributed by atoms with E-state index in [9.17, 15) is 13.6 Å². The summed E-state index contributed by atoms with van der Waals surface area (Å²) < 4.78 is 26.6. The molecule has 4 heteroatoms. The number of carbonyl (C=O) groups excluding carboxylic acids is 1. The molecular weight excluding hydrogens is 118 g/mol. The molecule has 0 bridgehead atoms. The van der Waals surface area contributed by atoms with Crippen LogP contribution in [0, 0.1) is 0 Å². The predicted octanol–water partition coefficient (Wildman–Crippen LogP) is 0.467. The molecule has 0 aliphatic carbocycles. The van der Waals surface area contributed by atoms with E-state index in [1.807, 2.05) is 0 Å². The van der Waals surface area contributed by atoms with Crippen molar-refractivity contribution in [3.8, 4) is 0 Å². The lowest BCUT2D eigenvalue weighted by Gasteiger charge is -2.03. The minimum absolute atomic E-state index is 0.0316. The van der Waals surface area contributed by atoms with E-state index in [1.54, 1.807) is 0 Å². The van der Waals surface area contributed by atoms with E-state index >= 15 is 0 Å². The number of rotatable bonds is 4. The van der Waals surface area contributed by atoms with Gasteiger partial charge in [-0.05, 0) is 0 Å². The van der Waals surface area contributed by atoms with E-state index in [-0.39, 0.29) is 6.47 Å². The Balaban J connectivity index is 3.20. The van der Waals surface area contributed by atoms with Crippen LogP contribution in [0.2, 0.25) is 0 Å². The van der Waals surface area contributed by atoms with Crippen LogP contribution in [0.15, 0.2) is 0 Å². The molecule has 0 aromatic rings. The Morgan fingerprint density at radius 3 is 2.12 bits per heavy atom. The Kier molecular flexibility index (Phi) is 4.11. The summed E-state index contributed by atoms with van der Waals surface area (Å²) in [6.07, 6.45) is -1.20. The summed E-state index contributed by atoms with van der Waals surface area (Å²) in [7, 11) is 0.